The average Bonchev–Trinajstić information content (AvgIpc) is 3.01. The lowest BCUT2D eigenvalue weighted by molar-refractivity contribution is -0.116. The van der Waals surface area contributed by atoms with Crippen molar-refractivity contribution in [2.75, 3.05) is 32.1 Å². The normalized spacial score (nSPS) is 20.5. The maximum atomic E-state index is 12.0. The second-order valence-electron chi connectivity index (χ2n) is 8.11. The molecule has 0 radical (unpaired) electrons. The summed E-state index contributed by atoms with van der Waals surface area (Å²) in [4.78, 5) is 16.3. The van der Waals surface area contributed by atoms with Gasteiger partial charge in [-0.25, -0.2) is 0 Å². The topological polar surface area (TPSA) is 74.8 Å². The minimum Gasteiger partial charge on any atom is -0.378 e. The van der Waals surface area contributed by atoms with Crippen LogP contribution >= 0.6 is 0 Å². The molecule has 160 valence electrons. The third kappa shape index (κ3) is 7.03. The molecule has 6 nitrogen and oxygen atoms in total. The molecule has 1 aromatic rings. The summed E-state index contributed by atoms with van der Waals surface area (Å²) in [6, 6.07) is 8.03. The van der Waals surface area contributed by atoms with E-state index in [2.05, 4.69) is 27.0 Å². The molecule has 1 amide bonds. The van der Waals surface area contributed by atoms with Crippen LogP contribution in [0.1, 0.15) is 69.3 Å². The Balaban J connectivity index is 1.32. The standard InChI is InChI=1S/C23H36N4O2/c1-24-23(25-14-8-9-15-29-19-10-4-2-3-5-11-19)26-17-18-16-22(28)27-21-13-7-6-12-20(18)21/h6-7,12-13,18-19H,2-5,8-11,14-17H2,1H3,(H,27,28)(H2,24,25,26). The fourth-order valence-corrected chi connectivity index (χ4v) is 4.22. The molecular weight excluding hydrogens is 364 g/mol. The second kappa shape index (κ2) is 11.8. The smallest absolute Gasteiger partial charge is 0.225 e. The van der Waals surface area contributed by atoms with Crippen LogP contribution in [0.2, 0.25) is 0 Å². The third-order valence-corrected chi connectivity index (χ3v) is 5.87. The zero-order chi connectivity index (χ0) is 20.3. The SMILES string of the molecule is CN=C(NCCCCOC1CCCCCC1)NCC1CC(=O)Nc2ccccc21. The molecule has 1 aromatic carbocycles. The molecule has 1 saturated carbocycles. The third-order valence-electron chi connectivity index (χ3n) is 5.87. The largest absolute Gasteiger partial charge is 0.378 e. The summed E-state index contributed by atoms with van der Waals surface area (Å²) in [6.45, 7) is 2.41. The highest BCUT2D eigenvalue weighted by atomic mass is 16.5. The molecule has 0 bridgehead atoms. The molecule has 1 heterocycles. The zero-order valence-corrected chi connectivity index (χ0v) is 17.7. The number of carbonyl (C=O) groups excluding carboxylic acids is 1. The van der Waals surface area contributed by atoms with Gasteiger partial charge < -0.3 is 20.7 Å². The van der Waals surface area contributed by atoms with Crippen molar-refractivity contribution in [1.29, 1.82) is 0 Å². The molecule has 0 spiro atoms. The number of aliphatic imine (C=N–C) groups is 1. The summed E-state index contributed by atoms with van der Waals surface area (Å²) in [5.41, 5.74) is 2.11. The van der Waals surface area contributed by atoms with Gasteiger partial charge >= 0.3 is 0 Å². The number of para-hydroxylation sites is 1. The van der Waals surface area contributed by atoms with Crippen molar-refractivity contribution in [1.82, 2.24) is 10.6 Å². The van der Waals surface area contributed by atoms with E-state index in [4.69, 9.17) is 4.74 Å². The molecule has 0 saturated heterocycles. The van der Waals surface area contributed by atoms with Crippen molar-refractivity contribution in [3.63, 3.8) is 0 Å². The fraction of sp³-hybridized carbons (Fsp3) is 0.652. The molecule has 1 unspecified atom stereocenters. The van der Waals surface area contributed by atoms with Gasteiger partial charge in [-0.2, -0.15) is 0 Å². The van der Waals surface area contributed by atoms with Crippen molar-refractivity contribution >= 4 is 17.6 Å². The number of hydrogen-bond acceptors (Lipinski definition) is 3. The number of amides is 1. The number of nitrogens with zero attached hydrogens (tertiary/aromatic N) is 1. The Morgan fingerprint density at radius 1 is 1.14 bits per heavy atom. The van der Waals surface area contributed by atoms with Gasteiger partial charge in [-0.05, 0) is 37.3 Å². The molecule has 0 aromatic heterocycles. The van der Waals surface area contributed by atoms with Crippen molar-refractivity contribution in [2.24, 2.45) is 4.99 Å². The maximum Gasteiger partial charge on any atom is 0.225 e. The first-order chi connectivity index (χ1) is 14.3. The van der Waals surface area contributed by atoms with E-state index in [-0.39, 0.29) is 11.8 Å². The number of rotatable bonds is 8. The number of carbonyl (C=O) groups is 1. The molecule has 1 atom stereocenters. The lowest BCUT2D eigenvalue weighted by Gasteiger charge is -2.26. The van der Waals surface area contributed by atoms with Crippen LogP contribution in [0.3, 0.4) is 0 Å². The number of fused-ring (bicyclic) bond motifs is 1. The average molecular weight is 401 g/mol. The molecule has 3 N–H and O–H groups in total. The molecule has 3 rings (SSSR count). The summed E-state index contributed by atoms with van der Waals surface area (Å²) < 4.78 is 6.06. The van der Waals surface area contributed by atoms with Crippen LogP contribution in [0.25, 0.3) is 0 Å². The number of guanidine groups is 1. The maximum absolute atomic E-state index is 12.0. The predicted octanol–water partition coefficient (Wildman–Crippen LogP) is 3.80. The second-order valence-corrected chi connectivity index (χ2v) is 8.11. The van der Waals surface area contributed by atoms with E-state index in [1.165, 1.54) is 44.1 Å². The quantitative estimate of drug-likeness (QED) is 0.269. The highest BCUT2D eigenvalue weighted by Crippen LogP contribution is 2.31. The number of unbranched alkanes of at least 4 members (excludes halogenated alkanes) is 1. The van der Waals surface area contributed by atoms with Crippen molar-refractivity contribution < 1.29 is 9.53 Å². The summed E-state index contributed by atoms with van der Waals surface area (Å²) in [6.07, 6.45) is 10.9. The van der Waals surface area contributed by atoms with Crippen LogP contribution in [-0.4, -0.2) is 44.7 Å². The summed E-state index contributed by atoms with van der Waals surface area (Å²) in [5, 5.41) is 9.70. The highest BCUT2D eigenvalue weighted by Gasteiger charge is 2.24. The van der Waals surface area contributed by atoms with Gasteiger partial charge in [-0.15, -0.1) is 0 Å². The fourth-order valence-electron chi connectivity index (χ4n) is 4.22. The number of anilines is 1. The minimum absolute atomic E-state index is 0.0760. The van der Waals surface area contributed by atoms with Gasteiger partial charge in [0.1, 0.15) is 0 Å². The van der Waals surface area contributed by atoms with Gasteiger partial charge in [0.2, 0.25) is 5.91 Å². The van der Waals surface area contributed by atoms with E-state index in [1.807, 2.05) is 18.2 Å². The molecule has 29 heavy (non-hydrogen) atoms. The van der Waals surface area contributed by atoms with Gasteiger partial charge in [0.05, 0.1) is 6.10 Å². The Kier molecular flexibility index (Phi) is 8.81. The Morgan fingerprint density at radius 2 is 1.93 bits per heavy atom. The number of hydrogen-bond donors (Lipinski definition) is 3. The van der Waals surface area contributed by atoms with E-state index in [9.17, 15) is 4.79 Å². The molecule has 2 aliphatic rings. The van der Waals surface area contributed by atoms with Crippen LogP contribution in [0.15, 0.2) is 29.3 Å². The van der Waals surface area contributed by atoms with Crippen molar-refractivity contribution in [3.05, 3.63) is 29.8 Å². The lowest BCUT2D eigenvalue weighted by atomic mass is 9.90. The van der Waals surface area contributed by atoms with Crippen molar-refractivity contribution in [3.8, 4) is 0 Å². The highest BCUT2D eigenvalue weighted by molar-refractivity contribution is 5.94. The minimum atomic E-state index is 0.0760. The van der Waals surface area contributed by atoms with Gasteiger partial charge in [-0.3, -0.25) is 9.79 Å². The van der Waals surface area contributed by atoms with E-state index < -0.39 is 0 Å². The first kappa shape index (κ1) is 21.6. The van der Waals surface area contributed by atoms with Gasteiger partial charge in [0.15, 0.2) is 5.96 Å². The van der Waals surface area contributed by atoms with Crippen LogP contribution in [-0.2, 0) is 9.53 Å². The first-order valence-corrected chi connectivity index (χ1v) is 11.2. The Labute approximate surface area is 174 Å². The summed E-state index contributed by atoms with van der Waals surface area (Å²) in [7, 11) is 1.78. The lowest BCUT2D eigenvalue weighted by Crippen LogP contribution is -2.41. The number of nitrogens with one attached hydrogen (secondary N) is 3. The van der Waals surface area contributed by atoms with Crippen LogP contribution in [0, 0.1) is 0 Å². The Bertz CT molecular complexity index is 669. The Morgan fingerprint density at radius 3 is 2.72 bits per heavy atom. The van der Waals surface area contributed by atoms with E-state index >= 15 is 0 Å². The predicted molar refractivity (Wildman–Crippen MR) is 118 cm³/mol. The Hall–Kier alpha value is -2.08. The molecule has 6 heteroatoms. The molecule has 1 fully saturated rings. The van der Waals surface area contributed by atoms with Crippen molar-refractivity contribution in [2.45, 2.75) is 69.8 Å². The van der Waals surface area contributed by atoms with Crippen LogP contribution in [0.4, 0.5) is 5.69 Å². The van der Waals surface area contributed by atoms with Gasteiger partial charge in [0, 0.05) is 44.8 Å². The molecular formula is C23H36N4O2. The monoisotopic (exact) mass is 400 g/mol. The number of benzene rings is 1. The first-order valence-electron chi connectivity index (χ1n) is 11.2. The van der Waals surface area contributed by atoms with Crippen LogP contribution in [0.5, 0.6) is 0 Å². The van der Waals surface area contributed by atoms with Gasteiger partial charge in [0.25, 0.3) is 0 Å². The van der Waals surface area contributed by atoms with Gasteiger partial charge in [-0.1, -0.05) is 43.9 Å². The number of ether oxygens (including phenoxy) is 1. The zero-order valence-electron chi connectivity index (χ0n) is 17.7. The van der Waals surface area contributed by atoms with E-state index in [0.717, 1.165) is 37.6 Å². The molecule has 1 aliphatic carbocycles. The van der Waals surface area contributed by atoms with Crippen LogP contribution < -0.4 is 16.0 Å². The molecule has 1 aliphatic heterocycles. The summed E-state index contributed by atoms with van der Waals surface area (Å²) >= 11 is 0. The van der Waals surface area contributed by atoms with E-state index in [0.29, 0.717) is 19.1 Å². The van der Waals surface area contributed by atoms with E-state index in [1.54, 1.807) is 7.05 Å². The summed E-state index contributed by atoms with van der Waals surface area (Å²) in [5.74, 6) is 1.02.